The van der Waals surface area contributed by atoms with Crippen LogP contribution in [0.2, 0.25) is 5.15 Å². The fourth-order valence-electron chi connectivity index (χ4n) is 2.46. The summed E-state index contributed by atoms with van der Waals surface area (Å²) >= 11 is 5.67. The number of fused-ring (bicyclic) bond motifs is 2. The maximum Gasteiger partial charge on any atom is 0.170 e. The van der Waals surface area contributed by atoms with Crippen LogP contribution < -0.4 is 10.2 Å². The standard InChI is InChI=1S/C10H12ClN3O/c11-10-9(15)2-8(4-13-10)14-5-6-1-7(14)3-12-6/h2,4,6-7,12,15H,1,3,5H2/t6-,7-/m0/s1. The van der Waals surface area contributed by atoms with Crippen molar-refractivity contribution < 1.29 is 5.11 Å². The van der Waals surface area contributed by atoms with Gasteiger partial charge in [0.25, 0.3) is 0 Å². The van der Waals surface area contributed by atoms with Crippen molar-refractivity contribution in [3.8, 4) is 5.75 Å². The number of nitrogens with zero attached hydrogens (tertiary/aromatic N) is 2. The van der Waals surface area contributed by atoms with Crippen LogP contribution in [0.5, 0.6) is 5.75 Å². The van der Waals surface area contributed by atoms with Crippen LogP contribution in [0, 0.1) is 0 Å². The van der Waals surface area contributed by atoms with Gasteiger partial charge in [-0.1, -0.05) is 11.6 Å². The molecular formula is C10H12ClN3O. The lowest BCUT2D eigenvalue weighted by Gasteiger charge is -2.29. The molecule has 0 spiro atoms. The van der Waals surface area contributed by atoms with E-state index in [9.17, 15) is 5.11 Å². The summed E-state index contributed by atoms with van der Waals surface area (Å²) in [5, 5.41) is 13.1. The van der Waals surface area contributed by atoms with E-state index in [1.54, 1.807) is 12.3 Å². The van der Waals surface area contributed by atoms with Gasteiger partial charge in [0.2, 0.25) is 0 Å². The number of rotatable bonds is 1. The number of nitrogens with one attached hydrogen (secondary N) is 1. The number of aromatic nitrogens is 1. The molecule has 2 aliphatic heterocycles. The molecule has 80 valence electrons. The lowest BCUT2D eigenvalue weighted by molar-refractivity contribution is 0.472. The van der Waals surface area contributed by atoms with Crippen molar-refractivity contribution in [2.45, 2.75) is 18.5 Å². The first-order valence-corrected chi connectivity index (χ1v) is 5.46. The molecule has 1 aromatic rings. The smallest absolute Gasteiger partial charge is 0.170 e. The third-order valence-electron chi connectivity index (χ3n) is 3.19. The van der Waals surface area contributed by atoms with E-state index in [0.717, 1.165) is 18.8 Å². The van der Waals surface area contributed by atoms with Gasteiger partial charge in [0, 0.05) is 31.2 Å². The molecule has 4 nitrogen and oxygen atoms in total. The number of halogens is 1. The van der Waals surface area contributed by atoms with Crippen molar-refractivity contribution >= 4 is 17.3 Å². The minimum Gasteiger partial charge on any atom is -0.505 e. The van der Waals surface area contributed by atoms with Crippen LogP contribution >= 0.6 is 11.6 Å². The van der Waals surface area contributed by atoms with Crippen molar-refractivity contribution in [3.05, 3.63) is 17.4 Å². The van der Waals surface area contributed by atoms with E-state index >= 15 is 0 Å². The van der Waals surface area contributed by atoms with Gasteiger partial charge < -0.3 is 15.3 Å². The van der Waals surface area contributed by atoms with E-state index in [1.807, 2.05) is 0 Å². The largest absolute Gasteiger partial charge is 0.505 e. The number of pyridine rings is 1. The van der Waals surface area contributed by atoms with Crippen LogP contribution in [0.1, 0.15) is 6.42 Å². The number of hydrogen-bond donors (Lipinski definition) is 2. The average Bonchev–Trinajstić information content (AvgIpc) is 2.83. The quantitative estimate of drug-likeness (QED) is 0.700. The van der Waals surface area contributed by atoms with Crippen molar-refractivity contribution in [2.75, 3.05) is 18.0 Å². The van der Waals surface area contributed by atoms with Crippen LogP contribution in [0.25, 0.3) is 0 Å². The summed E-state index contributed by atoms with van der Waals surface area (Å²) in [7, 11) is 0. The molecule has 2 fully saturated rings. The molecule has 3 rings (SSSR count). The first kappa shape index (κ1) is 9.24. The van der Waals surface area contributed by atoms with Gasteiger partial charge in [0.1, 0.15) is 0 Å². The Labute approximate surface area is 92.9 Å². The highest BCUT2D eigenvalue weighted by Gasteiger charge is 2.37. The lowest BCUT2D eigenvalue weighted by atomic mass is 10.2. The second-order valence-electron chi connectivity index (χ2n) is 4.15. The Bertz CT molecular complexity index is 398. The third kappa shape index (κ3) is 1.44. The zero-order valence-electron chi connectivity index (χ0n) is 8.15. The van der Waals surface area contributed by atoms with E-state index < -0.39 is 0 Å². The molecule has 15 heavy (non-hydrogen) atoms. The highest BCUT2D eigenvalue weighted by Crippen LogP contribution is 2.32. The summed E-state index contributed by atoms with van der Waals surface area (Å²) in [5.41, 5.74) is 0.964. The van der Waals surface area contributed by atoms with Gasteiger partial charge in [0.15, 0.2) is 10.9 Å². The van der Waals surface area contributed by atoms with Crippen LogP contribution in [0.4, 0.5) is 5.69 Å². The summed E-state index contributed by atoms with van der Waals surface area (Å²) < 4.78 is 0. The first-order chi connectivity index (χ1) is 7.24. The zero-order chi connectivity index (χ0) is 10.4. The molecule has 0 aromatic carbocycles. The lowest BCUT2D eigenvalue weighted by Crippen LogP contribution is -2.43. The maximum absolute atomic E-state index is 9.49. The Balaban J connectivity index is 1.90. The molecule has 0 amide bonds. The minimum absolute atomic E-state index is 0.0601. The second kappa shape index (κ2) is 3.25. The molecule has 0 aliphatic carbocycles. The molecule has 0 unspecified atom stereocenters. The number of aromatic hydroxyl groups is 1. The summed E-state index contributed by atoms with van der Waals surface area (Å²) in [6.45, 7) is 2.02. The van der Waals surface area contributed by atoms with Gasteiger partial charge in [-0.3, -0.25) is 0 Å². The van der Waals surface area contributed by atoms with Gasteiger partial charge >= 0.3 is 0 Å². The predicted molar refractivity (Wildman–Crippen MR) is 58.5 cm³/mol. The Morgan fingerprint density at radius 1 is 1.60 bits per heavy atom. The molecule has 0 radical (unpaired) electrons. The molecule has 2 saturated heterocycles. The van der Waals surface area contributed by atoms with Crippen LogP contribution in [0.15, 0.2) is 12.3 Å². The summed E-state index contributed by atoms with van der Waals surface area (Å²) in [4.78, 5) is 6.24. The highest BCUT2D eigenvalue weighted by molar-refractivity contribution is 6.30. The molecule has 0 saturated carbocycles. The SMILES string of the molecule is Oc1cc(N2C[C@@H]3C[C@H]2CN3)cnc1Cl. The molecule has 2 bridgehead atoms. The Kier molecular flexibility index (Phi) is 2.00. The topological polar surface area (TPSA) is 48.4 Å². The molecule has 2 aliphatic rings. The average molecular weight is 226 g/mol. The Hall–Kier alpha value is -1.00. The summed E-state index contributed by atoms with van der Waals surface area (Å²) in [6, 6.07) is 2.82. The fourth-order valence-corrected chi connectivity index (χ4v) is 2.56. The van der Waals surface area contributed by atoms with Crippen LogP contribution in [-0.4, -0.2) is 35.3 Å². The van der Waals surface area contributed by atoms with Gasteiger partial charge in [-0.2, -0.15) is 0 Å². The van der Waals surface area contributed by atoms with Crippen LogP contribution in [-0.2, 0) is 0 Å². The van der Waals surface area contributed by atoms with Crippen molar-refractivity contribution in [2.24, 2.45) is 0 Å². The van der Waals surface area contributed by atoms with Crippen LogP contribution in [0.3, 0.4) is 0 Å². The molecule has 5 heteroatoms. The van der Waals surface area contributed by atoms with E-state index in [4.69, 9.17) is 11.6 Å². The molecule has 2 atom stereocenters. The molecule has 1 aromatic heterocycles. The minimum atomic E-state index is 0.0601. The van der Waals surface area contributed by atoms with E-state index in [0.29, 0.717) is 12.1 Å². The fraction of sp³-hybridized carbons (Fsp3) is 0.500. The van der Waals surface area contributed by atoms with Crippen molar-refractivity contribution in [1.29, 1.82) is 0 Å². The Morgan fingerprint density at radius 3 is 3.07 bits per heavy atom. The molecular weight excluding hydrogens is 214 g/mol. The summed E-state index contributed by atoms with van der Waals surface area (Å²) in [5.74, 6) is 0.0601. The number of hydrogen-bond acceptors (Lipinski definition) is 4. The van der Waals surface area contributed by atoms with Crippen molar-refractivity contribution in [1.82, 2.24) is 10.3 Å². The number of anilines is 1. The molecule has 3 heterocycles. The monoisotopic (exact) mass is 225 g/mol. The van der Waals surface area contributed by atoms with Crippen molar-refractivity contribution in [3.63, 3.8) is 0 Å². The maximum atomic E-state index is 9.49. The molecule has 2 N–H and O–H groups in total. The van der Waals surface area contributed by atoms with Gasteiger partial charge in [-0.05, 0) is 6.42 Å². The van der Waals surface area contributed by atoms with Gasteiger partial charge in [0.05, 0.1) is 11.9 Å². The van der Waals surface area contributed by atoms with Gasteiger partial charge in [-0.15, -0.1) is 0 Å². The van der Waals surface area contributed by atoms with E-state index in [1.165, 1.54) is 6.42 Å². The van der Waals surface area contributed by atoms with E-state index in [2.05, 4.69) is 15.2 Å². The number of piperazine rings is 1. The predicted octanol–water partition coefficient (Wildman–Crippen LogP) is 0.991. The zero-order valence-corrected chi connectivity index (χ0v) is 8.91. The second-order valence-corrected chi connectivity index (χ2v) is 4.51. The normalized spacial score (nSPS) is 28.7. The third-order valence-corrected chi connectivity index (χ3v) is 3.49. The summed E-state index contributed by atoms with van der Waals surface area (Å²) in [6.07, 6.45) is 2.91. The Morgan fingerprint density at radius 2 is 2.47 bits per heavy atom. The highest BCUT2D eigenvalue weighted by atomic mass is 35.5. The first-order valence-electron chi connectivity index (χ1n) is 5.08. The van der Waals surface area contributed by atoms with E-state index in [-0.39, 0.29) is 10.9 Å². The van der Waals surface area contributed by atoms with Gasteiger partial charge in [-0.25, -0.2) is 4.98 Å².